The summed E-state index contributed by atoms with van der Waals surface area (Å²) in [5.41, 5.74) is 2.26. The van der Waals surface area contributed by atoms with Crippen molar-refractivity contribution in [2.24, 2.45) is 0 Å². The Hall–Kier alpha value is -2.53. The molecule has 0 aromatic carbocycles. The first kappa shape index (κ1) is 14.4. The average molecular weight is 309 g/mol. The minimum Gasteiger partial charge on any atom is -0.346 e. The van der Waals surface area contributed by atoms with E-state index in [4.69, 9.17) is 0 Å². The van der Waals surface area contributed by atoms with Crippen LogP contribution in [0, 0.1) is 6.92 Å². The van der Waals surface area contributed by atoms with Crippen LogP contribution in [-0.4, -0.2) is 15.9 Å². The third kappa shape index (κ3) is 3.38. The Morgan fingerprint density at radius 3 is 2.77 bits per heavy atom. The molecule has 3 rings (SSSR count). The summed E-state index contributed by atoms with van der Waals surface area (Å²) in [7, 11) is 0. The van der Waals surface area contributed by atoms with E-state index >= 15 is 0 Å². The van der Waals surface area contributed by atoms with E-state index in [0.717, 1.165) is 16.3 Å². The molecule has 110 valence electrons. The van der Waals surface area contributed by atoms with Crippen LogP contribution < -0.4 is 5.32 Å². The van der Waals surface area contributed by atoms with Gasteiger partial charge in [-0.2, -0.15) is 0 Å². The highest BCUT2D eigenvalue weighted by Crippen LogP contribution is 2.26. The number of thiophene rings is 1. The maximum absolute atomic E-state index is 12.2. The minimum absolute atomic E-state index is 0.123. The Balaban J connectivity index is 1.73. The van der Waals surface area contributed by atoms with E-state index in [9.17, 15) is 4.79 Å². The minimum atomic E-state index is -0.123. The molecule has 1 amide bonds. The van der Waals surface area contributed by atoms with Crippen LogP contribution in [0.2, 0.25) is 0 Å². The van der Waals surface area contributed by atoms with Crippen LogP contribution in [-0.2, 0) is 6.54 Å². The van der Waals surface area contributed by atoms with E-state index in [1.54, 1.807) is 29.8 Å². The second-order valence-electron chi connectivity index (χ2n) is 4.84. The number of rotatable bonds is 4. The lowest BCUT2D eigenvalue weighted by Crippen LogP contribution is -2.23. The first-order valence-electron chi connectivity index (χ1n) is 6.93. The third-order valence-corrected chi connectivity index (χ3v) is 4.19. The Kier molecular flexibility index (Phi) is 4.25. The van der Waals surface area contributed by atoms with Crippen molar-refractivity contribution in [3.63, 3.8) is 0 Å². The summed E-state index contributed by atoms with van der Waals surface area (Å²) in [6.07, 6.45) is 3.38. The van der Waals surface area contributed by atoms with Crippen LogP contribution in [0.4, 0.5) is 0 Å². The molecule has 0 aliphatic heterocycles. The summed E-state index contributed by atoms with van der Waals surface area (Å²) >= 11 is 1.67. The van der Waals surface area contributed by atoms with Gasteiger partial charge in [0.1, 0.15) is 0 Å². The molecule has 0 saturated heterocycles. The van der Waals surface area contributed by atoms with Gasteiger partial charge in [-0.15, -0.1) is 11.3 Å². The van der Waals surface area contributed by atoms with Crippen molar-refractivity contribution in [1.29, 1.82) is 0 Å². The maximum atomic E-state index is 12.2. The molecule has 1 N–H and O–H groups in total. The molecule has 0 radical (unpaired) electrons. The molecular weight excluding hydrogens is 294 g/mol. The zero-order chi connectivity index (χ0) is 15.4. The molecule has 4 nitrogen and oxygen atoms in total. The molecule has 0 fully saturated rings. The zero-order valence-electron chi connectivity index (χ0n) is 12.1. The predicted octanol–water partition coefficient (Wildman–Crippen LogP) is 3.44. The van der Waals surface area contributed by atoms with E-state index in [-0.39, 0.29) is 5.91 Å². The number of aryl methyl sites for hydroxylation is 1. The first-order chi connectivity index (χ1) is 10.7. The van der Waals surface area contributed by atoms with Crippen LogP contribution in [0.15, 0.2) is 54.9 Å². The SMILES string of the molecule is Cc1ccc(-c2cc(C(=O)NCc3ccccn3)ccn2)s1. The molecule has 0 bridgehead atoms. The van der Waals surface area contributed by atoms with E-state index in [0.29, 0.717) is 12.1 Å². The number of amides is 1. The molecule has 0 spiro atoms. The van der Waals surface area contributed by atoms with Crippen LogP contribution >= 0.6 is 11.3 Å². The van der Waals surface area contributed by atoms with Gasteiger partial charge in [0.15, 0.2) is 0 Å². The van der Waals surface area contributed by atoms with Crippen molar-refractivity contribution in [3.8, 4) is 10.6 Å². The largest absolute Gasteiger partial charge is 0.346 e. The number of hydrogen-bond acceptors (Lipinski definition) is 4. The van der Waals surface area contributed by atoms with Crippen molar-refractivity contribution in [3.05, 3.63) is 71.0 Å². The fourth-order valence-electron chi connectivity index (χ4n) is 2.05. The standard InChI is InChI=1S/C17H15N3OS/c1-12-5-6-16(22-12)15-10-13(7-9-19-15)17(21)20-11-14-4-2-3-8-18-14/h2-10H,11H2,1H3,(H,20,21). The molecule has 22 heavy (non-hydrogen) atoms. The molecule has 3 aromatic rings. The highest BCUT2D eigenvalue weighted by atomic mass is 32.1. The smallest absolute Gasteiger partial charge is 0.251 e. The predicted molar refractivity (Wildman–Crippen MR) is 87.7 cm³/mol. The summed E-state index contributed by atoms with van der Waals surface area (Å²) < 4.78 is 0. The van der Waals surface area contributed by atoms with Crippen molar-refractivity contribution < 1.29 is 4.79 Å². The van der Waals surface area contributed by atoms with Gasteiger partial charge in [0.2, 0.25) is 0 Å². The van der Waals surface area contributed by atoms with Crippen molar-refractivity contribution in [2.45, 2.75) is 13.5 Å². The number of hydrogen-bond donors (Lipinski definition) is 1. The molecule has 3 aromatic heterocycles. The molecule has 0 saturated carbocycles. The number of nitrogens with zero attached hydrogens (tertiary/aromatic N) is 2. The van der Waals surface area contributed by atoms with Crippen molar-refractivity contribution in [1.82, 2.24) is 15.3 Å². The summed E-state index contributed by atoms with van der Waals surface area (Å²) in [6.45, 7) is 2.47. The van der Waals surface area contributed by atoms with Gasteiger partial charge in [-0.1, -0.05) is 6.07 Å². The van der Waals surface area contributed by atoms with Crippen LogP contribution in [0.3, 0.4) is 0 Å². The Bertz CT molecular complexity index is 783. The Labute approximate surface area is 132 Å². The fourth-order valence-corrected chi connectivity index (χ4v) is 2.89. The zero-order valence-corrected chi connectivity index (χ0v) is 12.9. The van der Waals surface area contributed by atoms with E-state index in [2.05, 4.69) is 28.3 Å². The number of aromatic nitrogens is 2. The van der Waals surface area contributed by atoms with Crippen molar-refractivity contribution in [2.75, 3.05) is 0 Å². The highest BCUT2D eigenvalue weighted by Gasteiger charge is 2.09. The molecule has 0 aliphatic carbocycles. The molecule has 5 heteroatoms. The van der Waals surface area contributed by atoms with Crippen LogP contribution in [0.25, 0.3) is 10.6 Å². The van der Waals surface area contributed by atoms with Crippen molar-refractivity contribution >= 4 is 17.2 Å². The van der Waals surface area contributed by atoms with Gasteiger partial charge >= 0.3 is 0 Å². The van der Waals surface area contributed by atoms with Gasteiger partial charge in [-0.25, -0.2) is 0 Å². The maximum Gasteiger partial charge on any atom is 0.251 e. The summed E-state index contributed by atoms with van der Waals surface area (Å²) in [5, 5.41) is 2.87. The second-order valence-corrected chi connectivity index (χ2v) is 6.13. The monoisotopic (exact) mass is 309 g/mol. The summed E-state index contributed by atoms with van der Waals surface area (Å²) in [4.78, 5) is 23.1. The van der Waals surface area contributed by atoms with E-state index in [1.165, 1.54) is 4.88 Å². The van der Waals surface area contributed by atoms with Gasteiger partial charge in [0.05, 0.1) is 22.8 Å². The van der Waals surface area contributed by atoms with Gasteiger partial charge in [0, 0.05) is 22.8 Å². The number of carbonyl (C=O) groups is 1. The molecule has 0 aliphatic rings. The topological polar surface area (TPSA) is 54.9 Å². The van der Waals surface area contributed by atoms with Crippen LogP contribution in [0.1, 0.15) is 20.9 Å². The molecule has 0 unspecified atom stereocenters. The second kappa shape index (κ2) is 6.49. The number of carbonyl (C=O) groups excluding carboxylic acids is 1. The van der Waals surface area contributed by atoms with E-state index < -0.39 is 0 Å². The Morgan fingerprint density at radius 1 is 1.14 bits per heavy atom. The number of nitrogens with one attached hydrogen (secondary N) is 1. The summed E-state index contributed by atoms with van der Waals surface area (Å²) in [5.74, 6) is -0.123. The van der Waals surface area contributed by atoms with E-state index in [1.807, 2.05) is 30.3 Å². The quantitative estimate of drug-likeness (QED) is 0.803. The van der Waals surface area contributed by atoms with Gasteiger partial charge < -0.3 is 5.32 Å². The highest BCUT2D eigenvalue weighted by molar-refractivity contribution is 7.15. The number of pyridine rings is 2. The molecule has 0 atom stereocenters. The fraction of sp³-hybridized carbons (Fsp3) is 0.118. The first-order valence-corrected chi connectivity index (χ1v) is 7.75. The lowest BCUT2D eigenvalue weighted by molar-refractivity contribution is 0.0950. The molecule has 3 heterocycles. The van der Waals surface area contributed by atoms with Gasteiger partial charge in [-0.3, -0.25) is 14.8 Å². The molecular formula is C17H15N3OS. The summed E-state index contributed by atoms with van der Waals surface area (Å²) in [6, 6.07) is 13.2. The third-order valence-electron chi connectivity index (χ3n) is 3.17. The lowest BCUT2D eigenvalue weighted by atomic mass is 10.2. The van der Waals surface area contributed by atoms with Gasteiger partial charge in [0.25, 0.3) is 5.91 Å². The van der Waals surface area contributed by atoms with Gasteiger partial charge in [-0.05, 0) is 43.3 Å². The lowest BCUT2D eigenvalue weighted by Gasteiger charge is -2.05. The normalized spacial score (nSPS) is 10.4. The Morgan fingerprint density at radius 2 is 2.05 bits per heavy atom. The van der Waals surface area contributed by atoms with Crippen LogP contribution in [0.5, 0.6) is 0 Å². The average Bonchev–Trinajstić information content (AvgIpc) is 3.00.